The minimum Gasteiger partial charge on any atom is -0.449 e. The van der Waals surface area contributed by atoms with Crippen LogP contribution in [0.3, 0.4) is 0 Å². The van der Waals surface area contributed by atoms with Crippen LogP contribution in [0, 0.1) is 5.92 Å². The molecule has 3 aromatic rings. The molecule has 1 aliphatic rings. The SMILES string of the molecule is CCCOC(=O)N1C[C@H](CN(C(=O)OC(C)(C)C)[C@H](C)c2cccc3ccccc23)[C@@H](c2ccccc2)C1. The number of hydrogen-bond acceptors (Lipinski definition) is 4. The predicted octanol–water partition coefficient (Wildman–Crippen LogP) is 7.40. The highest BCUT2D eigenvalue weighted by atomic mass is 16.6. The summed E-state index contributed by atoms with van der Waals surface area (Å²) in [5.41, 5.74) is 1.60. The topological polar surface area (TPSA) is 59.1 Å². The van der Waals surface area contributed by atoms with Gasteiger partial charge < -0.3 is 19.3 Å². The fourth-order valence-electron chi connectivity index (χ4n) is 5.31. The highest BCUT2D eigenvalue weighted by molar-refractivity contribution is 5.86. The average molecular weight is 517 g/mol. The van der Waals surface area contributed by atoms with Crippen LogP contribution in [0.1, 0.15) is 64.1 Å². The molecule has 0 spiro atoms. The smallest absolute Gasteiger partial charge is 0.410 e. The lowest BCUT2D eigenvalue weighted by molar-refractivity contribution is 0.0137. The molecule has 1 heterocycles. The molecule has 3 atom stereocenters. The maximum atomic E-state index is 13.7. The Morgan fingerprint density at radius 1 is 0.974 bits per heavy atom. The van der Waals surface area contributed by atoms with Gasteiger partial charge in [-0.1, -0.05) is 79.7 Å². The molecule has 0 aliphatic carbocycles. The molecule has 0 radical (unpaired) electrons. The number of amides is 2. The van der Waals surface area contributed by atoms with Crippen molar-refractivity contribution in [2.75, 3.05) is 26.2 Å². The van der Waals surface area contributed by atoms with Gasteiger partial charge in [0.15, 0.2) is 0 Å². The van der Waals surface area contributed by atoms with Gasteiger partial charge in [0.05, 0.1) is 12.6 Å². The number of hydrogen-bond donors (Lipinski definition) is 0. The van der Waals surface area contributed by atoms with Crippen LogP contribution >= 0.6 is 0 Å². The van der Waals surface area contributed by atoms with Crippen molar-refractivity contribution < 1.29 is 19.1 Å². The van der Waals surface area contributed by atoms with Crippen LogP contribution in [-0.2, 0) is 9.47 Å². The Bertz CT molecular complexity index is 1230. The van der Waals surface area contributed by atoms with E-state index in [9.17, 15) is 9.59 Å². The first kappa shape index (κ1) is 27.5. The Labute approximate surface area is 226 Å². The van der Waals surface area contributed by atoms with Crippen molar-refractivity contribution >= 4 is 23.0 Å². The van der Waals surface area contributed by atoms with Gasteiger partial charge in [0, 0.05) is 31.5 Å². The van der Waals surface area contributed by atoms with Crippen molar-refractivity contribution in [3.63, 3.8) is 0 Å². The predicted molar refractivity (Wildman–Crippen MR) is 151 cm³/mol. The molecular weight excluding hydrogens is 476 g/mol. The Morgan fingerprint density at radius 3 is 2.37 bits per heavy atom. The first-order valence-corrected chi connectivity index (χ1v) is 13.6. The molecule has 0 bridgehead atoms. The molecule has 0 aromatic heterocycles. The molecule has 0 saturated carbocycles. The molecule has 1 aliphatic heterocycles. The van der Waals surface area contributed by atoms with E-state index < -0.39 is 5.60 Å². The number of likely N-dealkylation sites (tertiary alicyclic amines) is 1. The second kappa shape index (κ2) is 11.9. The highest BCUT2D eigenvalue weighted by Crippen LogP contribution is 2.37. The van der Waals surface area contributed by atoms with Crippen molar-refractivity contribution in [2.24, 2.45) is 5.92 Å². The van der Waals surface area contributed by atoms with Gasteiger partial charge in [-0.15, -0.1) is 0 Å². The Hall–Kier alpha value is -3.54. The zero-order valence-electron chi connectivity index (χ0n) is 23.2. The Balaban J connectivity index is 1.68. The van der Waals surface area contributed by atoms with Gasteiger partial charge in [-0.25, -0.2) is 9.59 Å². The summed E-state index contributed by atoms with van der Waals surface area (Å²) in [5.74, 6) is 0.103. The van der Waals surface area contributed by atoms with Crippen molar-refractivity contribution in [2.45, 2.75) is 58.6 Å². The lowest BCUT2D eigenvalue weighted by atomic mass is 9.88. The molecule has 0 N–H and O–H groups in total. The van der Waals surface area contributed by atoms with E-state index in [4.69, 9.17) is 9.47 Å². The van der Waals surface area contributed by atoms with Crippen molar-refractivity contribution in [3.05, 3.63) is 83.9 Å². The van der Waals surface area contributed by atoms with Crippen LogP contribution in [0.15, 0.2) is 72.8 Å². The first-order chi connectivity index (χ1) is 18.2. The van der Waals surface area contributed by atoms with E-state index in [0.29, 0.717) is 26.2 Å². The van der Waals surface area contributed by atoms with Crippen LogP contribution in [0.4, 0.5) is 9.59 Å². The van der Waals surface area contributed by atoms with Gasteiger partial charge in [-0.05, 0) is 56.0 Å². The fourth-order valence-corrected chi connectivity index (χ4v) is 5.31. The normalized spacial score (nSPS) is 18.3. The zero-order chi connectivity index (χ0) is 27.3. The van der Waals surface area contributed by atoms with Crippen molar-refractivity contribution in [1.29, 1.82) is 0 Å². The molecular formula is C32H40N2O4. The first-order valence-electron chi connectivity index (χ1n) is 13.6. The number of nitrogens with zero attached hydrogens (tertiary/aromatic N) is 2. The summed E-state index contributed by atoms with van der Waals surface area (Å²) in [4.78, 5) is 30.2. The van der Waals surface area contributed by atoms with E-state index >= 15 is 0 Å². The molecule has 2 amide bonds. The largest absolute Gasteiger partial charge is 0.449 e. The molecule has 6 nitrogen and oxygen atoms in total. The minimum atomic E-state index is -0.627. The van der Waals surface area contributed by atoms with Crippen LogP contribution in [0.2, 0.25) is 0 Å². The van der Waals surface area contributed by atoms with Crippen LogP contribution in [0.25, 0.3) is 10.8 Å². The Kier molecular flexibility index (Phi) is 8.60. The molecule has 1 saturated heterocycles. The van der Waals surface area contributed by atoms with E-state index in [0.717, 1.165) is 28.3 Å². The number of fused-ring (bicyclic) bond motifs is 1. The third-order valence-electron chi connectivity index (χ3n) is 7.16. The van der Waals surface area contributed by atoms with Crippen LogP contribution in [0.5, 0.6) is 0 Å². The van der Waals surface area contributed by atoms with Gasteiger partial charge in [-0.2, -0.15) is 0 Å². The molecule has 202 valence electrons. The van der Waals surface area contributed by atoms with E-state index in [1.165, 1.54) is 0 Å². The van der Waals surface area contributed by atoms with Gasteiger partial charge in [0.25, 0.3) is 0 Å². The van der Waals surface area contributed by atoms with E-state index in [2.05, 4.69) is 43.3 Å². The van der Waals surface area contributed by atoms with Crippen molar-refractivity contribution in [1.82, 2.24) is 9.80 Å². The molecule has 0 unspecified atom stereocenters. The molecule has 6 heteroatoms. The minimum absolute atomic E-state index is 0.0246. The van der Waals surface area contributed by atoms with Gasteiger partial charge in [-0.3, -0.25) is 0 Å². The summed E-state index contributed by atoms with van der Waals surface area (Å²) < 4.78 is 11.4. The zero-order valence-corrected chi connectivity index (χ0v) is 23.2. The lowest BCUT2D eigenvalue weighted by Gasteiger charge is -2.35. The third kappa shape index (κ3) is 6.47. The average Bonchev–Trinajstić information content (AvgIpc) is 3.33. The van der Waals surface area contributed by atoms with Gasteiger partial charge >= 0.3 is 12.2 Å². The number of carbonyl (C=O) groups excluding carboxylic acids is 2. The van der Waals surface area contributed by atoms with E-state index in [1.54, 1.807) is 4.90 Å². The van der Waals surface area contributed by atoms with Gasteiger partial charge in [0.2, 0.25) is 0 Å². The summed E-state index contributed by atoms with van der Waals surface area (Å²) >= 11 is 0. The number of carbonyl (C=O) groups is 2. The molecule has 3 aromatic carbocycles. The van der Waals surface area contributed by atoms with E-state index in [-0.39, 0.29) is 30.1 Å². The van der Waals surface area contributed by atoms with E-state index in [1.807, 2.05) is 69.0 Å². The molecule has 38 heavy (non-hydrogen) atoms. The Morgan fingerprint density at radius 2 is 1.66 bits per heavy atom. The summed E-state index contributed by atoms with van der Waals surface area (Å²) in [6, 6.07) is 24.5. The lowest BCUT2D eigenvalue weighted by Crippen LogP contribution is -2.42. The maximum Gasteiger partial charge on any atom is 0.410 e. The summed E-state index contributed by atoms with van der Waals surface area (Å²) in [7, 11) is 0. The second-order valence-corrected chi connectivity index (χ2v) is 11.2. The van der Waals surface area contributed by atoms with Crippen LogP contribution in [-0.4, -0.2) is 53.8 Å². The molecule has 1 fully saturated rings. The standard InChI is InChI=1S/C32H40N2O4/c1-6-19-37-30(35)33-20-26(29(22-33)25-13-8-7-9-14-25)21-34(31(36)38-32(3,4)5)23(2)27-18-12-16-24-15-10-11-17-28(24)27/h7-18,23,26,29H,6,19-22H2,1-5H3/t23-,26-,29-/m1/s1. The monoisotopic (exact) mass is 516 g/mol. The third-order valence-corrected chi connectivity index (χ3v) is 7.16. The second-order valence-electron chi connectivity index (χ2n) is 11.2. The maximum absolute atomic E-state index is 13.7. The van der Waals surface area contributed by atoms with Crippen molar-refractivity contribution in [3.8, 4) is 0 Å². The summed E-state index contributed by atoms with van der Waals surface area (Å²) in [6.45, 7) is 11.6. The quantitative estimate of drug-likeness (QED) is 0.328. The number of benzene rings is 3. The van der Waals surface area contributed by atoms with Gasteiger partial charge in [0.1, 0.15) is 5.60 Å². The summed E-state index contributed by atoms with van der Waals surface area (Å²) in [5, 5.41) is 2.25. The summed E-state index contributed by atoms with van der Waals surface area (Å²) in [6.07, 6.45) is 0.137. The number of ether oxygens (including phenoxy) is 2. The fraction of sp³-hybridized carbons (Fsp3) is 0.438. The molecule has 4 rings (SSSR count). The van der Waals surface area contributed by atoms with Crippen LogP contribution < -0.4 is 0 Å². The highest BCUT2D eigenvalue weighted by Gasteiger charge is 2.40. The number of rotatable bonds is 7.